The van der Waals surface area contributed by atoms with Gasteiger partial charge in [0.1, 0.15) is 11.5 Å². The number of carbonyl (C=O) groups excluding carboxylic acids is 1. The molecular formula is C22H30N4O3. The summed E-state index contributed by atoms with van der Waals surface area (Å²) < 4.78 is 11.1. The van der Waals surface area contributed by atoms with Crippen LogP contribution in [0.15, 0.2) is 22.7 Å². The maximum Gasteiger partial charge on any atom is 0.228 e. The van der Waals surface area contributed by atoms with Gasteiger partial charge in [0.2, 0.25) is 17.7 Å². The first-order chi connectivity index (χ1) is 13.8. The third-order valence-electron chi connectivity index (χ3n) is 6.03. The Labute approximate surface area is 171 Å². The Morgan fingerprint density at radius 1 is 1.34 bits per heavy atom. The molecule has 1 saturated heterocycles. The largest absolute Gasteiger partial charge is 0.481 e. The van der Waals surface area contributed by atoms with Crippen molar-refractivity contribution in [2.75, 3.05) is 25.1 Å². The van der Waals surface area contributed by atoms with Crippen LogP contribution in [0.4, 0.5) is 5.95 Å². The highest BCUT2D eigenvalue weighted by molar-refractivity contribution is 5.79. The molecule has 1 aliphatic heterocycles. The number of aryl methyl sites for hydroxylation is 1. The molecule has 3 heterocycles. The molecule has 1 aliphatic carbocycles. The molecule has 1 N–H and O–H groups in total. The third kappa shape index (κ3) is 4.23. The zero-order chi connectivity index (χ0) is 20.6. The number of methoxy groups -OCH3 is 1. The lowest BCUT2D eigenvalue weighted by Crippen LogP contribution is -2.43. The molecule has 29 heavy (non-hydrogen) atoms. The summed E-state index contributed by atoms with van der Waals surface area (Å²) in [5.74, 6) is 3.31. The SMILES string of the molecule is COc1ccnc(N2CCC(C(=O)NC3CC(C)(C)Cc4oc(C)cc43)CC2)n1. The lowest BCUT2D eigenvalue weighted by atomic mass is 9.74. The maximum absolute atomic E-state index is 13.0. The maximum atomic E-state index is 13.0. The predicted octanol–water partition coefficient (Wildman–Crippen LogP) is 3.43. The molecule has 156 valence electrons. The number of nitrogens with zero attached hydrogens (tertiary/aromatic N) is 3. The summed E-state index contributed by atoms with van der Waals surface area (Å²) >= 11 is 0. The Hall–Kier alpha value is -2.57. The molecular weight excluding hydrogens is 368 g/mol. The number of furan rings is 1. The van der Waals surface area contributed by atoms with E-state index in [0.29, 0.717) is 11.8 Å². The van der Waals surface area contributed by atoms with Crippen molar-refractivity contribution in [3.63, 3.8) is 0 Å². The van der Waals surface area contributed by atoms with Crippen LogP contribution in [0.2, 0.25) is 0 Å². The first kappa shape index (κ1) is 19.7. The van der Waals surface area contributed by atoms with E-state index >= 15 is 0 Å². The van der Waals surface area contributed by atoms with Gasteiger partial charge in [-0.15, -0.1) is 0 Å². The molecule has 1 unspecified atom stereocenters. The number of aromatic nitrogens is 2. The molecule has 0 saturated carbocycles. The molecule has 0 spiro atoms. The minimum atomic E-state index is 0.0124. The van der Waals surface area contributed by atoms with Crippen LogP contribution in [-0.2, 0) is 11.2 Å². The molecule has 2 aromatic heterocycles. The van der Waals surface area contributed by atoms with Gasteiger partial charge in [-0.2, -0.15) is 4.98 Å². The topological polar surface area (TPSA) is 80.5 Å². The van der Waals surface area contributed by atoms with Crippen molar-refractivity contribution >= 4 is 11.9 Å². The van der Waals surface area contributed by atoms with Crippen LogP contribution in [0.5, 0.6) is 5.88 Å². The summed E-state index contributed by atoms with van der Waals surface area (Å²) in [4.78, 5) is 23.9. The first-order valence-electron chi connectivity index (χ1n) is 10.4. The minimum Gasteiger partial charge on any atom is -0.481 e. The van der Waals surface area contributed by atoms with Crippen molar-refractivity contribution in [1.82, 2.24) is 15.3 Å². The molecule has 7 heteroatoms. The van der Waals surface area contributed by atoms with Crippen LogP contribution in [0.1, 0.15) is 56.2 Å². The zero-order valence-electron chi connectivity index (χ0n) is 17.7. The van der Waals surface area contributed by atoms with E-state index in [1.807, 2.05) is 6.92 Å². The van der Waals surface area contributed by atoms with Crippen molar-refractivity contribution in [1.29, 1.82) is 0 Å². The summed E-state index contributed by atoms with van der Waals surface area (Å²) in [6.07, 6.45) is 5.14. The van der Waals surface area contributed by atoms with E-state index in [1.54, 1.807) is 19.4 Å². The number of amides is 1. The van der Waals surface area contributed by atoms with Crippen molar-refractivity contribution in [2.24, 2.45) is 11.3 Å². The first-order valence-corrected chi connectivity index (χ1v) is 10.4. The van der Waals surface area contributed by atoms with Crippen molar-refractivity contribution in [3.05, 3.63) is 35.4 Å². The highest BCUT2D eigenvalue weighted by Gasteiger charge is 2.37. The van der Waals surface area contributed by atoms with Crippen LogP contribution < -0.4 is 15.0 Å². The van der Waals surface area contributed by atoms with Gasteiger partial charge >= 0.3 is 0 Å². The Balaban J connectivity index is 1.39. The van der Waals surface area contributed by atoms with E-state index in [-0.39, 0.29) is 23.3 Å². The fraction of sp³-hybridized carbons (Fsp3) is 0.591. The van der Waals surface area contributed by atoms with Gasteiger partial charge in [-0.1, -0.05) is 13.8 Å². The summed E-state index contributed by atoms with van der Waals surface area (Å²) in [5, 5.41) is 3.32. The second-order valence-corrected chi connectivity index (χ2v) is 9.00. The standard InChI is InChI=1S/C22H30N4O3/c1-14-11-16-17(12-22(2,3)13-18(16)29-14)24-20(27)15-6-9-26(10-7-15)21-23-8-5-19(25-21)28-4/h5,8,11,15,17H,6-7,9-10,12-13H2,1-4H3,(H,24,27). The number of hydrogen-bond acceptors (Lipinski definition) is 6. The van der Waals surface area contributed by atoms with Crippen molar-refractivity contribution in [2.45, 2.75) is 52.5 Å². The van der Waals surface area contributed by atoms with Gasteiger partial charge in [0.25, 0.3) is 0 Å². The Morgan fingerprint density at radius 3 is 2.83 bits per heavy atom. The van der Waals surface area contributed by atoms with Gasteiger partial charge in [0, 0.05) is 43.3 Å². The zero-order valence-corrected chi connectivity index (χ0v) is 17.7. The van der Waals surface area contributed by atoms with Gasteiger partial charge in [0.05, 0.1) is 13.2 Å². The summed E-state index contributed by atoms with van der Waals surface area (Å²) in [6.45, 7) is 7.97. The molecule has 2 aliphatic rings. The van der Waals surface area contributed by atoms with Crippen molar-refractivity contribution in [3.8, 4) is 5.88 Å². The minimum absolute atomic E-state index is 0.0124. The van der Waals surface area contributed by atoms with Crippen LogP contribution >= 0.6 is 0 Å². The number of carbonyl (C=O) groups is 1. The summed E-state index contributed by atoms with van der Waals surface area (Å²) in [5.41, 5.74) is 1.26. The number of hydrogen-bond donors (Lipinski definition) is 1. The number of piperidine rings is 1. The second-order valence-electron chi connectivity index (χ2n) is 9.00. The Kier molecular flexibility index (Phi) is 5.23. The monoisotopic (exact) mass is 398 g/mol. The molecule has 1 amide bonds. The number of fused-ring (bicyclic) bond motifs is 1. The average Bonchev–Trinajstić information content (AvgIpc) is 3.07. The van der Waals surface area contributed by atoms with Crippen LogP contribution in [0, 0.1) is 18.3 Å². The molecule has 0 aromatic carbocycles. The number of ether oxygens (including phenoxy) is 1. The molecule has 4 rings (SSSR count). The van der Waals surface area contributed by atoms with E-state index in [2.05, 4.69) is 40.1 Å². The number of anilines is 1. The number of nitrogens with one attached hydrogen (secondary N) is 1. The fourth-order valence-corrected chi connectivity index (χ4v) is 4.54. The fourth-order valence-electron chi connectivity index (χ4n) is 4.54. The molecule has 2 aromatic rings. The quantitative estimate of drug-likeness (QED) is 0.850. The van der Waals surface area contributed by atoms with E-state index < -0.39 is 0 Å². The third-order valence-corrected chi connectivity index (χ3v) is 6.03. The average molecular weight is 399 g/mol. The lowest BCUT2D eigenvalue weighted by Gasteiger charge is -2.36. The normalized spacial score (nSPS) is 21.5. The summed E-state index contributed by atoms with van der Waals surface area (Å²) in [7, 11) is 1.60. The second kappa shape index (κ2) is 7.69. The molecule has 0 radical (unpaired) electrons. The van der Waals surface area contributed by atoms with Gasteiger partial charge in [-0.3, -0.25) is 4.79 Å². The molecule has 0 bridgehead atoms. The van der Waals surface area contributed by atoms with Crippen LogP contribution in [0.3, 0.4) is 0 Å². The van der Waals surface area contributed by atoms with E-state index in [9.17, 15) is 4.79 Å². The van der Waals surface area contributed by atoms with E-state index in [1.165, 1.54) is 0 Å². The van der Waals surface area contributed by atoms with E-state index in [4.69, 9.17) is 9.15 Å². The molecule has 7 nitrogen and oxygen atoms in total. The lowest BCUT2D eigenvalue weighted by molar-refractivity contribution is -0.126. The summed E-state index contributed by atoms with van der Waals surface area (Å²) in [6, 6.07) is 3.85. The van der Waals surface area contributed by atoms with Gasteiger partial charge < -0.3 is 19.4 Å². The predicted molar refractivity (Wildman–Crippen MR) is 110 cm³/mol. The van der Waals surface area contributed by atoms with Crippen LogP contribution in [-0.4, -0.2) is 36.1 Å². The van der Waals surface area contributed by atoms with Crippen LogP contribution in [0.25, 0.3) is 0 Å². The Bertz CT molecular complexity index is 884. The van der Waals surface area contributed by atoms with E-state index in [0.717, 1.165) is 55.9 Å². The van der Waals surface area contributed by atoms with Crippen molar-refractivity contribution < 1.29 is 13.9 Å². The smallest absolute Gasteiger partial charge is 0.228 e. The highest BCUT2D eigenvalue weighted by Crippen LogP contribution is 2.42. The van der Waals surface area contributed by atoms with Gasteiger partial charge in [-0.25, -0.2) is 4.98 Å². The molecule has 1 atom stereocenters. The van der Waals surface area contributed by atoms with Gasteiger partial charge in [-0.05, 0) is 37.7 Å². The number of rotatable bonds is 4. The highest BCUT2D eigenvalue weighted by atomic mass is 16.5. The Morgan fingerprint density at radius 2 is 2.10 bits per heavy atom. The van der Waals surface area contributed by atoms with Gasteiger partial charge in [0.15, 0.2) is 0 Å². The molecule has 1 fully saturated rings.